The van der Waals surface area contributed by atoms with Gasteiger partial charge in [0.1, 0.15) is 5.82 Å². The van der Waals surface area contributed by atoms with E-state index in [0.29, 0.717) is 24.6 Å². The van der Waals surface area contributed by atoms with Crippen molar-refractivity contribution >= 4 is 5.96 Å². The minimum atomic E-state index is -0.206. The first-order chi connectivity index (χ1) is 10.9. The van der Waals surface area contributed by atoms with Gasteiger partial charge in [0, 0.05) is 44.6 Å². The number of ether oxygens (including phenoxy) is 1. The van der Waals surface area contributed by atoms with E-state index in [0.717, 1.165) is 24.6 Å². The van der Waals surface area contributed by atoms with Gasteiger partial charge >= 0.3 is 0 Å². The summed E-state index contributed by atoms with van der Waals surface area (Å²) in [5, 5.41) is 3.62. The maximum atomic E-state index is 13.0. The lowest BCUT2D eigenvalue weighted by Crippen LogP contribution is -2.67. The van der Waals surface area contributed by atoms with Crippen LogP contribution in [-0.2, 0) is 11.3 Å². The molecule has 1 aromatic rings. The molecular weight excluding hydrogens is 293 g/mol. The molecule has 126 valence electrons. The summed E-state index contributed by atoms with van der Waals surface area (Å²) in [5.41, 5.74) is 1.18. The highest BCUT2D eigenvalue weighted by atomic mass is 19.1. The molecule has 0 aromatic heterocycles. The first kappa shape index (κ1) is 16.2. The van der Waals surface area contributed by atoms with Gasteiger partial charge in [0.2, 0.25) is 0 Å². The van der Waals surface area contributed by atoms with Crippen LogP contribution in [0.25, 0.3) is 0 Å². The van der Waals surface area contributed by atoms with E-state index in [1.165, 1.54) is 12.1 Å². The first-order valence-corrected chi connectivity index (χ1v) is 8.24. The maximum absolute atomic E-state index is 13.0. The molecule has 2 aliphatic rings. The van der Waals surface area contributed by atoms with Crippen molar-refractivity contribution in [1.29, 1.82) is 0 Å². The van der Waals surface area contributed by atoms with Crippen LogP contribution in [0, 0.1) is 17.2 Å². The summed E-state index contributed by atoms with van der Waals surface area (Å²) in [7, 11) is 3.81. The van der Waals surface area contributed by atoms with Crippen molar-refractivity contribution in [2.75, 3.05) is 20.7 Å². The van der Waals surface area contributed by atoms with E-state index >= 15 is 0 Å². The lowest BCUT2D eigenvalue weighted by atomic mass is 9.57. The van der Waals surface area contributed by atoms with Crippen LogP contribution in [-0.4, -0.2) is 43.7 Å². The average molecular weight is 319 g/mol. The Labute approximate surface area is 137 Å². The molecule has 1 saturated heterocycles. The third-order valence-electron chi connectivity index (χ3n) is 5.29. The Morgan fingerprint density at radius 1 is 1.39 bits per heavy atom. The number of guanidine groups is 1. The molecule has 1 saturated carbocycles. The molecule has 3 atom stereocenters. The van der Waals surface area contributed by atoms with Gasteiger partial charge in [0.15, 0.2) is 5.96 Å². The summed E-state index contributed by atoms with van der Waals surface area (Å²) in [4.78, 5) is 6.50. The van der Waals surface area contributed by atoms with Gasteiger partial charge in [-0.3, -0.25) is 4.99 Å². The van der Waals surface area contributed by atoms with Crippen LogP contribution in [0.5, 0.6) is 0 Å². The van der Waals surface area contributed by atoms with Gasteiger partial charge in [-0.25, -0.2) is 4.39 Å². The molecular formula is C18H26FN3O. The van der Waals surface area contributed by atoms with Gasteiger partial charge in [-0.1, -0.05) is 26.0 Å². The van der Waals surface area contributed by atoms with Crippen LogP contribution in [0.15, 0.2) is 29.3 Å². The van der Waals surface area contributed by atoms with Gasteiger partial charge in [0.05, 0.1) is 6.10 Å². The Hall–Kier alpha value is -1.62. The predicted molar refractivity (Wildman–Crippen MR) is 89.8 cm³/mol. The molecule has 3 rings (SSSR count). The molecule has 1 heterocycles. The SMILES string of the molecule is CN=C(NC1C2CCOC2C1(C)C)N(C)Cc1ccc(F)cc1. The summed E-state index contributed by atoms with van der Waals surface area (Å²) < 4.78 is 18.9. The molecule has 1 aromatic carbocycles. The summed E-state index contributed by atoms with van der Waals surface area (Å²) >= 11 is 0. The van der Waals surface area contributed by atoms with E-state index in [4.69, 9.17) is 4.74 Å². The third kappa shape index (κ3) is 2.94. The van der Waals surface area contributed by atoms with Crippen LogP contribution < -0.4 is 5.32 Å². The number of aliphatic imine (C=N–C) groups is 1. The highest BCUT2D eigenvalue weighted by molar-refractivity contribution is 5.80. The number of hydrogen-bond donors (Lipinski definition) is 1. The predicted octanol–water partition coefficient (Wildman–Crippen LogP) is 2.65. The molecule has 0 radical (unpaired) electrons. The van der Waals surface area contributed by atoms with Crippen molar-refractivity contribution < 1.29 is 9.13 Å². The number of hydrogen-bond acceptors (Lipinski definition) is 2. The number of nitrogens with one attached hydrogen (secondary N) is 1. The van der Waals surface area contributed by atoms with Crippen molar-refractivity contribution in [2.45, 2.75) is 39.0 Å². The second-order valence-electron chi connectivity index (χ2n) is 7.22. The monoisotopic (exact) mass is 319 g/mol. The van der Waals surface area contributed by atoms with Gasteiger partial charge < -0.3 is 15.0 Å². The Bertz CT molecular complexity index is 584. The number of rotatable bonds is 3. The number of benzene rings is 1. The minimum absolute atomic E-state index is 0.119. The number of nitrogens with zero attached hydrogens (tertiary/aromatic N) is 2. The van der Waals surface area contributed by atoms with Crippen LogP contribution in [0.3, 0.4) is 0 Å². The standard InChI is InChI=1S/C18H26FN3O/c1-18(2)15(14-9-10-23-16(14)18)21-17(20-3)22(4)11-12-5-7-13(19)8-6-12/h5-8,14-16H,9-11H2,1-4H3,(H,20,21). The van der Waals surface area contributed by atoms with E-state index in [9.17, 15) is 4.39 Å². The zero-order valence-electron chi connectivity index (χ0n) is 14.3. The Kier molecular flexibility index (Phi) is 4.32. The second kappa shape index (κ2) is 6.11. The zero-order valence-corrected chi connectivity index (χ0v) is 14.3. The summed E-state index contributed by atoms with van der Waals surface area (Å²) in [5.74, 6) is 1.24. The molecule has 23 heavy (non-hydrogen) atoms. The Morgan fingerprint density at radius 2 is 2.09 bits per heavy atom. The summed E-state index contributed by atoms with van der Waals surface area (Å²) in [6.45, 7) is 6.06. The molecule has 4 nitrogen and oxygen atoms in total. The second-order valence-corrected chi connectivity index (χ2v) is 7.22. The van der Waals surface area contributed by atoms with Crippen LogP contribution >= 0.6 is 0 Å². The average Bonchev–Trinajstić information content (AvgIpc) is 2.97. The molecule has 2 fully saturated rings. The Morgan fingerprint density at radius 3 is 2.74 bits per heavy atom. The lowest BCUT2D eigenvalue weighted by Gasteiger charge is -2.55. The fraction of sp³-hybridized carbons (Fsp3) is 0.611. The molecule has 1 aliphatic carbocycles. The zero-order chi connectivity index (χ0) is 16.6. The molecule has 0 bridgehead atoms. The number of halogens is 1. The quantitative estimate of drug-likeness (QED) is 0.687. The molecule has 1 aliphatic heterocycles. The molecule has 3 unspecified atom stereocenters. The van der Waals surface area contributed by atoms with Gasteiger partial charge in [-0.05, 0) is 24.1 Å². The fourth-order valence-electron chi connectivity index (χ4n) is 4.04. The first-order valence-electron chi connectivity index (χ1n) is 8.24. The van der Waals surface area contributed by atoms with Crippen LogP contribution in [0.1, 0.15) is 25.8 Å². The van der Waals surface area contributed by atoms with E-state index in [-0.39, 0.29) is 11.2 Å². The van der Waals surface area contributed by atoms with Crippen molar-refractivity contribution in [3.63, 3.8) is 0 Å². The van der Waals surface area contributed by atoms with E-state index in [1.807, 2.05) is 19.2 Å². The third-order valence-corrected chi connectivity index (χ3v) is 5.29. The summed E-state index contributed by atoms with van der Waals surface area (Å²) in [6.07, 6.45) is 1.48. The largest absolute Gasteiger partial charge is 0.377 e. The van der Waals surface area contributed by atoms with Crippen LogP contribution in [0.4, 0.5) is 4.39 Å². The number of fused-ring (bicyclic) bond motifs is 1. The van der Waals surface area contributed by atoms with Gasteiger partial charge in [0.25, 0.3) is 0 Å². The minimum Gasteiger partial charge on any atom is -0.377 e. The van der Waals surface area contributed by atoms with Crippen molar-refractivity contribution in [2.24, 2.45) is 16.3 Å². The molecule has 5 heteroatoms. The molecule has 0 spiro atoms. The fourth-order valence-corrected chi connectivity index (χ4v) is 4.04. The van der Waals surface area contributed by atoms with E-state index in [1.54, 1.807) is 7.05 Å². The highest BCUT2D eigenvalue weighted by Gasteiger charge is 2.59. The molecule has 1 N–H and O–H groups in total. The van der Waals surface area contributed by atoms with Crippen LogP contribution in [0.2, 0.25) is 0 Å². The smallest absolute Gasteiger partial charge is 0.193 e. The van der Waals surface area contributed by atoms with Gasteiger partial charge in [-0.15, -0.1) is 0 Å². The van der Waals surface area contributed by atoms with Crippen molar-refractivity contribution in [3.05, 3.63) is 35.6 Å². The van der Waals surface area contributed by atoms with Crippen molar-refractivity contribution in [3.8, 4) is 0 Å². The normalized spacial score (nSPS) is 28.9. The highest BCUT2D eigenvalue weighted by Crippen LogP contribution is 2.52. The maximum Gasteiger partial charge on any atom is 0.193 e. The molecule has 0 amide bonds. The van der Waals surface area contributed by atoms with E-state index < -0.39 is 0 Å². The lowest BCUT2D eigenvalue weighted by molar-refractivity contribution is -0.107. The summed E-state index contributed by atoms with van der Waals surface area (Å²) in [6, 6.07) is 6.99. The van der Waals surface area contributed by atoms with E-state index in [2.05, 4.69) is 29.1 Å². The Balaban J connectivity index is 1.64. The van der Waals surface area contributed by atoms with Gasteiger partial charge in [-0.2, -0.15) is 0 Å². The topological polar surface area (TPSA) is 36.9 Å². The van der Waals surface area contributed by atoms with Crippen molar-refractivity contribution in [1.82, 2.24) is 10.2 Å².